The summed E-state index contributed by atoms with van der Waals surface area (Å²) in [6, 6.07) is 0. The van der Waals surface area contributed by atoms with E-state index in [1.807, 2.05) is 18.5 Å². The molecule has 17 heavy (non-hydrogen) atoms. The Balaban J connectivity index is 2.62. The summed E-state index contributed by atoms with van der Waals surface area (Å²) in [5.74, 6) is 0. The van der Waals surface area contributed by atoms with Gasteiger partial charge in [-0.15, -0.1) is 0 Å². The molecule has 0 aromatic carbocycles. The molecule has 1 aromatic heterocycles. The van der Waals surface area contributed by atoms with Crippen LogP contribution in [0.25, 0.3) is 0 Å². The van der Waals surface area contributed by atoms with Gasteiger partial charge in [0.05, 0.1) is 18.3 Å². The smallest absolute Gasteiger partial charge is 0.0739 e. The first kappa shape index (κ1) is 14.2. The molecule has 1 atom stereocenters. The van der Waals surface area contributed by atoms with Crippen molar-refractivity contribution in [3.8, 4) is 0 Å². The van der Waals surface area contributed by atoms with E-state index in [1.165, 1.54) is 5.56 Å². The zero-order chi connectivity index (χ0) is 13.1. The second kappa shape index (κ2) is 5.65. The molecule has 0 bridgehead atoms. The maximum atomic E-state index is 5.24. The van der Waals surface area contributed by atoms with Gasteiger partial charge in [-0.25, -0.2) is 0 Å². The molecule has 1 N–H and O–H groups in total. The number of ether oxygens (including phenoxy) is 1. The molecular formula is C13H25N3O. The van der Waals surface area contributed by atoms with Crippen LogP contribution in [-0.4, -0.2) is 28.5 Å². The standard InChI is InChI=1S/C13H25N3O/c1-10(17-6)8-16-9-12(11(2)15-16)7-14-13(3,4)5/h9-10,14H,7-8H2,1-6H3. The lowest BCUT2D eigenvalue weighted by molar-refractivity contribution is 0.0997. The van der Waals surface area contributed by atoms with E-state index in [2.05, 4.69) is 37.4 Å². The molecule has 0 radical (unpaired) electrons. The molecule has 4 nitrogen and oxygen atoms in total. The van der Waals surface area contributed by atoms with Gasteiger partial charge in [-0.05, 0) is 34.6 Å². The molecule has 1 heterocycles. The van der Waals surface area contributed by atoms with E-state index in [0.29, 0.717) is 0 Å². The van der Waals surface area contributed by atoms with Crippen LogP contribution >= 0.6 is 0 Å². The average molecular weight is 239 g/mol. The zero-order valence-electron chi connectivity index (χ0n) is 11.9. The van der Waals surface area contributed by atoms with Crippen LogP contribution in [0.1, 0.15) is 39.0 Å². The Morgan fingerprint density at radius 1 is 1.47 bits per heavy atom. The number of methoxy groups -OCH3 is 1. The van der Waals surface area contributed by atoms with Crippen LogP contribution in [0.2, 0.25) is 0 Å². The number of hydrogen-bond donors (Lipinski definition) is 1. The topological polar surface area (TPSA) is 39.1 Å². The second-order valence-corrected chi connectivity index (χ2v) is 5.61. The fourth-order valence-corrected chi connectivity index (χ4v) is 1.52. The summed E-state index contributed by atoms with van der Waals surface area (Å²) in [7, 11) is 1.73. The molecule has 0 aliphatic rings. The lowest BCUT2D eigenvalue weighted by Crippen LogP contribution is -2.35. The Morgan fingerprint density at radius 3 is 2.65 bits per heavy atom. The van der Waals surface area contributed by atoms with Crippen molar-refractivity contribution in [3.05, 3.63) is 17.5 Å². The number of hydrogen-bond acceptors (Lipinski definition) is 3. The third-order valence-corrected chi connectivity index (χ3v) is 2.70. The van der Waals surface area contributed by atoms with Crippen LogP contribution in [0.5, 0.6) is 0 Å². The van der Waals surface area contributed by atoms with Crippen LogP contribution in [-0.2, 0) is 17.8 Å². The summed E-state index contributed by atoms with van der Waals surface area (Å²) in [5, 5.41) is 7.97. The minimum Gasteiger partial charge on any atom is -0.380 e. The van der Waals surface area contributed by atoms with E-state index in [-0.39, 0.29) is 11.6 Å². The highest BCUT2D eigenvalue weighted by molar-refractivity contribution is 5.15. The second-order valence-electron chi connectivity index (χ2n) is 5.61. The molecule has 1 rings (SSSR count). The quantitative estimate of drug-likeness (QED) is 0.855. The Kier molecular flexibility index (Phi) is 4.71. The summed E-state index contributed by atoms with van der Waals surface area (Å²) in [4.78, 5) is 0. The van der Waals surface area contributed by atoms with Gasteiger partial charge in [0.2, 0.25) is 0 Å². The fourth-order valence-electron chi connectivity index (χ4n) is 1.52. The molecule has 0 amide bonds. The predicted octanol–water partition coefficient (Wildman–Crippen LogP) is 2.11. The van der Waals surface area contributed by atoms with Crippen molar-refractivity contribution < 1.29 is 4.74 Å². The normalized spacial score (nSPS) is 14.0. The van der Waals surface area contributed by atoms with Gasteiger partial charge in [-0.2, -0.15) is 5.10 Å². The number of nitrogens with zero attached hydrogens (tertiary/aromatic N) is 2. The van der Waals surface area contributed by atoms with E-state index in [1.54, 1.807) is 7.11 Å². The Morgan fingerprint density at radius 2 is 2.12 bits per heavy atom. The summed E-state index contributed by atoms with van der Waals surface area (Å²) >= 11 is 0. The molecule has 0 aliphatic carbocycles. The number of aromatic nitrogens is 2. The Bertz CT molecular complexity index is 352. The first-order valence-corrected chi connectivity index (χ1v) is 6.12. The number of nitrogens with one attached hydrogen (secondary N) is 1. The van der Waals surface area contributed by atoms with Crippen molar-refractivity contribution in [1.29, 1.82) is 0 Å². The summed E-state index contributed by atoms with van der Waals surface area (Å²) < 4.78 is 7.20. The van der Waals surface area contributed by atoms with Gasteiger partial charge >= 0.3 is 0 Å². The van der Waals surface area contributed by atoms with Crippen LogP contribution in [0.3, 0.4) is 0 Å². The van der Waals surface area contributed by atoms with E-state index < -0.39 is 0 Å². The highest BCUT2D eigenvalue weighted by Gasteiger charge is 2.12. The van der Waals surface area contributed by atoms with Crippen molar-refractivity contribution in [1.82, 2.24) is 15.1 Å². The van der Waals surface area contributed by atoms with Gasteiger partial charge in [0, 0.05) is 31.0 Å². The first-order valence-electron chi connectivity index (χ1n) is 6.12. The molecule has 0 aliphatic heterocycles. The molecule has 0 saturated heterocycles. The van der Waals surface area contributed by atoms with Crippen LogP contribution < -0.4 is 5.32 Å². The van der Waals surface area contributed by atoms with Crippen LogP contribution in [0, 0.1) is 6.92 Å². The molecule has 0 fully saturated rings. The average Bonchev–Trinajstić information content (AvgIpc) is 2.54. The fraction of sp³-hybridized carbons (Fsp3) is 0.769. The first-order chi connectivity index (χ1) is 7.81. The third-order valence-electron chi connectivity index (χ3n) is 2.70. The van der Waals surface area contributed by atoms with Gasteiger partial charge < -0.3 is 10.1 Å². The van der Waals surface area contributed by atoms with Crippen LogP contribution in [0.4, 0.5) is 0 Å². The third kappa shape index (κ3) is 4.88. The summed E-state index contributed by atoms with van der Waals surface area (Å²) in [5.41, 5.74) is 2.47. The lowest BCUT2D eigenvalue weighted by atomic mass is 10.1. The molecule has 98 valence electrons. The van der Waals surface area contributed by atoms with Crippen molar-refractivity contribution >= 4 is 0 Å². The number of rotatable bonds is 5. The van der Waals surface area contributed by atoms with Crippen molar-refractivity contribution in [2.45, 2.75) is 59.4 Å². The van der Waals surface area contributed by atoms with Crippen molar-refractivity contribution in [2.75, 3.05) is 7.11 Å². The summed E-state index contributed by atoms with van der Waals surface area (Å²) in [6.45, 7) is 12.3. The molecule has 4 heteroatoms. The SMILES string of the molecule is COC(C)Cn1cc(CNC(C)(C)C)c(C)n1. The van der Waals surface area contributed by atoms with Gasteiger partial charge in [0.1, 0.15) is 0 Å². The highest BCUT2D eigenvalue weighted by atomic mass is 16.5. The van der Waals surface area contributed by atoms with Gasteiger partial charge in [-0.1, -0.05) is 0 Å². The molecular weight excluding hydrogens is 214 g/mol. The largest absolute Gasteiger partial charge is 0.380 e. The minimum atomic E-state index is 0.133. The van der Waals surface area contributed by atoms with E-state index in [0.717, 1.165) is 18.8 Å². The van der Waals surface area contributed by atoms with Gasteiger partial charge in [0.25, 0.3) is 0 Å². The van der Waals surface area contributed by atoms with Crippen molar-refractivity contribution in [3.63, 3.8) is 0 Å². The molecule has 1 aromatic rings. The predicted molar refractivity (Wildman–Crippen MR) is 70.0 cm³/mol. The van der Waals surface area contributed by atoms with Crippen molar-refractivity contribution in [2.24, 2.45) is 0 Å². The van der Waals surface area contributed by atoms with E-state index in [9.17, 15) is 0 Å². The summed E-state index contributed by atoms with van der Waals surface area (Å²) in [6.07, 6.45) is 2.29. The van der Waals surface area contributed by atoms with E-state index in [4.69, 9.17) is 4.74 Å². The Hall–Kier alpha value is -0.870. The lowest BCUT2D eigenvalue weighted by Gasteiger charge is -2.20. The van der Waals surface area contributed by atoms with Crippen LogP contribution in [0.15, 0.2) is 6.20 Å². The minimum absolute atomic E-state index is 0.133. The molecule has 0 saturated carbocycles. The number of aryl methyl sites for hydroxylation is 1. The Labute approximate surface area is 104 Å². The zero-order valence-corrected chi connectivity index (χ0v) is 11.9. The maximum absolute atomic E-state index is 5.24. The maximum Gasteiger partial charge on any atom is 0.0739 e. The van der Waals surface area contributed by atoms with Gasteiger partial charge in [-0.3, -0.25) is 4.68 Å². The monoisotopic (exact) mass is 239 g/mol. The molecule has 0 spiro atoms. The van der Waals surface area contributed by atoms with Gasteiger partial charge in [0.15, 0.2) is 0 Å². The molecule has 1 unspecified atom stereocenters. The highest BCUT2D eigenvalue weighted by Crippen LogP contribution is 2.09. The van der Waals surface area contributed by atoms with E-state index >= 15 is 0 Å².